The van der Waals surface area contributed by atoms with Crippen LogP contribution in [0.3, 0.4) is 0 Å². The van der Waals surface area contributed by atoms with Crippen LogP contribution in [-0.2, 0) is 13.0 Å². The van der Waals surface area contributed by atoms with Crippen molar-refractivity contribution in [2.24, 2.45) is 0 Å². The lowest BCUT2D eigenvalue weighted by Gasteiger charge is -2.09. The number of hydrogen-bond donors (Lipinski definition) is 1. The highest BCUT2D eigenvalue weighted by atomic mass is 16.5. The summed E-state index contributed by atoms with van der Waals surface area (Å²) in [6.07, 6.45) is 1.96. The Hall–Kier alpha value is -1.09. The van der Waals surface area contributed by atoms with Crippen molar-refractivity contribution in [3.8, 4) is 5.88 Å². The van der Waals surface area contributed by atoms with Gasteiger partial charge in [0.15, 0.2) is 0 Å². The van der Waals surface area contributed by atoms with Gasteiger partial charge in [-0.2, -0.15) is 0 Å². The zero-order chi connectivity index (χ0) is 11.8. The van der Waals surface area contributed by atoms with E-state index in [1.54, 1.807) is 0 Å². The molecule has 0 aliphatic heterocycles. The standard InChI is InChI=1S/C13H22N2O/c1-4-7-16-13-9-11(10-14-6-3)8-12(5-2)15-13/h8-9,14H,4-7,10H2,1-3H3. The normalized spacial score (nSPS) is 10.4. The molecule has 3 nitrogen and oxygen atoms in total. The van der Waals surface area contributed by atoms with Gasteiger partial charge in [-0.3, -0.25) is 0 Å². The van der Waals surface area contributed by atoms with E-state index in [4.69, 9.17) is 4.74 Å². The Kier molecular flexibility index (Phi) is 5.86. The fourth-order valence-electron chi connectivity index (χ4n) is 1.45. The number of nitrogens with one attached hydrogen (secondary N) is 1. The van der Waals surface area contributed by atoms with Crippen molar-refractivity contribution in [3.63, 3.8) is 0 Å². The summed E-state index contributed by atoms with van der Waals surface area (Å²) in [5, 5.41) is 3.32. The van der Waals surface area contributed by atoms with E-state index in [1.165, 1.54) is 5.56 Å². The van der Waals surface area contributed by atoms with Gasteiger partial charge in [0.25, 0.3) is 0 Å². The lowest BCUT2D eigenvalue weighted by Crippen LogP contribution is -2.12. The predicted molar refractivity (Wildman–Crippen MR) is 66.8 cm³/mol. The molecule has 3 heteroatoms. The van der Waals surface area contributed by atoms with E-state index in [0.717, 1.165) is 44.1 Å². The van der Waals surface area contributed by atoms with Gasteiger partial charge in [-0.1, -0.05) is 20.8 Å². The van der Waals surface area contributed by atoms with Gasteiger partial charge in [0, 0.05) is 18.3 Å². The van der Waals surface area contributed by atoms with Crippen molar-refractivity contribution < 1.29 is 4.74 Å². The van der Waals surface area contributed by atoms with Gasteiger partial charge >= 0.3 is 0 Å². The maximum Gasteiger partial charge on any atom is 0.213 e. The average molecular weight is 222 g/mol. The minimum Gasteiger partial charge on any atom is -0.478 e. The molecule has 0 saturated carbocycles. The van der Waals surface area contributed by atoms with Crippen molar-refractivity contribution in [1.29, 1.82) is 0 Å². The molecule has 0 fully saturated rings. The topological polar surface area (TPSA) is 34.1 Å². The number of rotatable bonds is 7. The SMILES string of the molecule is CCCOc1cc(CNCC)cc(CC)n1. The summed E-state index contributed by atoms with van der Waals surface area (Å²) in [6.45, 7) is 8.92. The average Bonchev–Trinajstić information content (AvgIpc) is 2.33. The lowest BCUT2D eigenvalue weighted by atomic mass is 10.2. The molecule has 0 radical (unpaired) electrons. The van der Waals surface area contributed by atoms with Crippen molar-refractivity contribution in [1.82, 2.24) is 10.3 Å². The molecule has 0 atom stereocenters. The Morgan fingerprint density at radius 3 is 2.69 bits per heavy atom. The molecular formula is C13H22N2O. The van der Waals surface area contributed by atoms with Gasteiger partial charge in [-0.25, -0.2) is 4.98 Å². The number of nitrogens with zero attached hydrogens (tertiary/aromatic N) is 1. The van der Waals surface area contributed by atoms with Crippen LogP contribution in [0.25, 0.3) is 0 Å². The Bertz CT molecular complexity index is 287. The third-order valence-corrected chi connectivity index (χ3v) is 2.31. The van der Waals surface area contributed by atoms with E-state index in [0.29, 0.717) is 0 Å². The Morgan fingerprint density at radius 1 is 1.25 bits per heavy atom. The van der Waals surface area contributed by atoms with Gasteiger partial charge in [0.2, 0.25) is 5.88 Å². The molecule has 1 rings (SSSR count). The smallest absolute Gasteiger partial charge is 0.213 e. The monoisotopic (exact) mass is 222 g/mol. The molecule has 1 N–H and O–H groups in total. The van der Waals surface area contributed by atoms with Crippen LogP contribution >= 0.6 is 0 Å². The van der Waals surface area contributed by atoms with Gasteiger partial charge in [-0.15, -0.1) is 0 Å². The van der Waals surface area contributed by atoms with Crippen LogP contribution in [0.4, 0.5) is 0 Å². The Balaban J connectivity index is 2.74. The summed E-state index contributed by atoms with van der Waals surface area (Å²) in [4.78, 5) is 4.45. The van der Waals surface area contributed by atoms with Crippen LogP contribution in [0, 0.1) is 0 Å². The van der Waals surface area contributed by atoms with Crippen LogP contribution in [0.2, 0.25) is 0 Å². The molecule has 0 amide bonds. The summed E-state index contributed by atoms with van der Waals surface area (Å²) >= 11 is 0. The quantitative estimate of drug-likeness (QED) is 0.770. The minimum atomic E-state index is 0.737. The maximum absolute atomic E-state index is 5.58. The first-order valence-electron chi connectivity index (χ1n) is 6.13. The Morgan fingerprint density at radius 2 is 2.06 bits per heavy atom. The summed E-state index contributed by atoms with van der Waals surface area (Å²) in [7, 11) is 0. The van der Waals surface area contributed by atoms with E-state index in [-0.39, 0.29) is 0 Å². The molecule has 0 aromatic carbocycles. The number of pyridine rings is 1. The number of ether oxygens (including phenoxy) is 1. The van der Waals surface area contributed by atoms with Crippen molar-refractivity contribution >= 4 is 0 Å². The number of aryl methyl sites for hydroxylation is 1. The molecule has 0 bridgehead atoms. The number of aromatic nitrogens is 1. The molecule has 0 aliphatic carbocycles. The molecule has 0 aliphatic rings. The third-order valence-electron chi connectivity index (χ3n) is 2.31. The highest BCUT2D eigenvalue weighted by molar-refractivity contribution is 5.25. The second kappa shape index (κ2) is 7.23. The first-order valence-corrected chi connectivity index (χ1v) is 6.13. The van der Waals surface area contributed by atoms with Crippen molar-refractivity contribution in [2.45, 2.75) is 40.2 Å². The molecule has 1 heterocycles. The van der Waals surface area contributed by atoms with Gasteiger partial charge in [-0.05, 0) is 31.0 Å². The van der Waals surface area contributed by atoms with E-state index < -0.39 is 0 Å². The lowest BCUT2D eigenvalue weighted by molar-refractivity contribution is 0.304. The highest BCUT2D eigenvalue weighted by Crippen LogP contribution is 2.13. The van der Waals surface area contributed by atoms with Crippen molar-refractivity contribution in [2.75, 3.05) is 13.2 Å². The van der Waals surface area contributed by atoms with E-state index >= 15 is 0 Å². The first-order chi connectivity index (χ1) is 7.80. The fourth-order valence-corrected chi connectivity index (χ4v) is 1.45. The van der Waals surface area contributed by atoms with Crippen LogP contribution < -0.4 is 10.1 Å². The summed E-state index contributed by atoms with van der Waals surface area (Å²) < 4.78 is 5.58. The number of hydrogen-bond acceptors (Lipinski definition) is 3. The predicted octanol–water partition coefficient (Wildman–Crippen LogP) is 2.54. The van der Waals surface area contributed by atoms with Crippen LogP contribution in [0.1, 0.15) is 38.4 Å². The molecule has 1 aromatic heterocycles. The van der Waals surface area contributed by atoms with Crippen LogP contribution in [0.5, 0.6) is 5.88 Å². The van der Waals surface area contributed by atoms with E-state index in [9.17, 15) is 0 Å². The van der Waals surface area contributed by atoms with Crippen LogP contribution in [0.15, 0.2) is 12.1 Å². The maximum atomic E-state index is 5.58. The van der Waals surface area contributed by atoms with E-state index in [2.05, 4.69) is 37.1 Å². The van der Waals surface area contributed by atoms with Crippen molar-refractivity contribution in [3.05, 3.63) is 23.4 Å². The molecular weight excluding hydrogens is 200 g/mol. The van der Waals surface area contributed by atoms with Crippen LogP contribution in [-0.4, -0.2) is 18.1 Å². The largest absolute Gasteiger partial charge is 0.478 e. The third kappa shape index (κ3) is 4.19. The van der Waals surface area contributed by atoms with Gasteiger partial charge in [0.1, 0.15) is 0 Å². The second-order valence-corrected chi connectivity index (χ2v) is 3.79. The summed E-state index contributed by atoms with van der Waals surface area (Å²) in [6, 6.07) is 4.17. The Labute approximate surface area is 98.2 Å². The molecule has 0 spiro atoms. The summed E-state index contributed by atoms with van der Waals surface area (Å²) in [5.74, 6) is 0.758. The second-order valence-electron chi connectivity index (χ2n) is 3.79. The molecule has 16 heavy (non-hydrogen) atoms. The van der Waals surface area contributed by atoms with Gasteiger partial charge in [0.05, 0.1) is 6.61 Å². The van der Waals surface area contributed by atoms with E-state index in [1.807, 2.05) is 6.07 Å². The zero-order valence-electron chi connectivity index (χ0n) is 10.5. The summed E-state index contributed by atoms with van der Waals surface area (Å²) in [5.41, 5.74) is 2.35. The minimum absolute atomic E-state index is 0.737. The van der Waals surface area contributed by atoms with Gasteiger partial charge < -0.3 is 10.1 Å². The first kappa shape index (κ1) is 13.0. The highest BCUT2D eigenvalue weighted by Gasteiger charge is 2.02. The molecule has 0 saturated heterocycles. The molecule has 0 unspecified atom stereocenters. The molecule has 1 aromatic rings. The zero-order valence-corrected chi connectivity index (χ0v) is 10.5. The fraction of sp³-hybridized carbons (Fsp3) is 0.615. The molecule has 90 valence electrons.